The van der Waals surface area contributed by atoms with Crippen LogP contribution in [-0.4, -0.2) is 27.9 Å². The summed E-state index contributed by atoms with van der Waals surface area (Å²) < 4.78 is 0. The lowest BCUT2D eigenvalue weighted by atomic mass is 9.60. The van der Waals surface area contributed by atoms with Gasteiger partial charge in [-0.3, -0.25) is 0 Å². The van der Waals surface area contributed by atoms with Crippen molar-refractivity contribution in [2.45, 2.75) is 32.5 Å². The number of allylic oxidation sites excluding steroid dienone is 1. The van der Waals surface area contributed by atoms with Crippen LogP contribution in [0.25, 0.3) is 22.2 Å². The summed E-state index contributed by atoms with van der Waals surface area (Å²) in [4.78, 5) is 7.69. The minimum atomic E-state index is -0.399. The average Bonchev–Trinajstić information content (AvgIpc) is 3.00. The monoisotopic (exact) mass is 348 g/mol. The molecule has 1 unspecified atom stereocenters. The van der Waals surface area contributed by atoms with Gasteiger partial charge >= 0.3 is 0 Å². The molecule has 2 aromatic heterocycles. The van der Waals surface area contributed by atoms with E-state index in [1.807, 2.05) is 24.5 Å². The number of nitrogens with one attached hydrogen (secondary N) is 2. The Morgan fingerprint density at radius 1 is 1.35 bits per heavy atom. The standard InChI is InChI=1S/C20H25BN4O/c1-14-12-23-20-19(14)10-17(13-24-20)16-5-3-6-18(9-16)25-15(2)11-21(26)7-4-8-22/h3-6,8-10,12-13,15,25-26H,7,11,22H2,1-2H3,(H,23,24)/b8-4+. The molecule has 2 heterocycles. The molecule has 0 aliphatic rings. The Balaban J connectivity index is 1.73. The first-order chi connectivity index (χ1) is 12.6. The third-order valence-corrected chi connectivity index (χ3v) is 4.52. The van der Waals surface area contributed by atoms with E-state index in [4.69, 9.17) is 5.73 Å². The van der Waals surface area contributed by atoms with Crippen LogP contribution in [0.15, 0.2) is 55.0 Å². The molecule has 0 saturated heterocycles. The van der Waals surface area contributed by atoms with Crippen LogP contribution in [0.3, 0.4) is 0 Å². The van der Waals surface area contributed by atoms with E-state index in [2.05, 4.69) is 47.3 Å². The molecule has 0 saturated carbocycles. The number of hydrogen-bond acceptors (Lipinski definition) is 4. The molecule has 26 heavy (non-hydrogen) atoms. The number of H-pyrrole nitrogens is 1. The number of aromatic nitrogens is 2. The number of rotatable bonds is 7. The van der Waals surface area contributed by atoms with Gasteiger partial charge in [-0.05, 0) is 62.0 Å². The van der Waals surface area contributed by atoms with E-state index in [0.717, 1.165) is 27.8 Å². The summed E-state index contributed by atoms with van der Waals surface area (Å²) in [5.41, 5.74) is 10.7. The van der Waals surface area contributed by atoms with Gasteiger partial charge in [0, 0.05) is 35.1 Å². The van der Waals surface area contributed by atoms with Gasteiger partial charge in [0.15, 0.2) is 0 Å². The zero-order chi connectivity index (χ0) is 18.5. The van der Waals surface area contributed by atoms with Crippen LogP contribution in [0.2, 0.25) is 12.6 Å². The first-order valence-electron chi connectivity index (χ1n) is 8.92. The topological polar surface area (TPSA) is 87.0 Å². The number of aryl methyl sites for hydroxylation is 1. The van der Waals surface area contributed by atoms with Crippen molar-refractivity contribution in [1.29, 1.82) is 0 Å². The van der Waals surface area contributed by atoms with Crippen LogP contribution >= 0.6 is 0 Å². The number of nitrogens with zero attached hydrogens (tertiary/aromatic N) is 1. The van der Waals surface area contributed by atoms with E-state index < -0.39 is 6.92 Å². The second kappa shape index (κ2) is 8.10. The van der Waals surface area contributed by atoms with Gasteiger partial charge in [0.05, 0.1) is 0 Å². The van der Waals surface area contributed by atoms with Gasteiger partial charge in [-0.2, -0.15) is 0 Å². The minimum absolute atomic E-state index is 0.152. The van der Waals surface area contributed by atoms with Crippen molar-refractivity contribution >= 4 is 23.6 Å². The summed E-state index contributed by atoms with van der Waals surface area (Å²) >= 11 is 0. The highest BCUT2D eigenvalue weighted by molar-refractivity contribution is 6.51. The number of anilines is 1. The van der Waals surface area contributed by atoms with Gasteiger partial charge in [0.2, 0.25) is 0 Å². The van der Waals surface area contributed by atoms with Gasteiger partial charge in [0.25, 0.3) is 6.92 Å². The summed E-state index contributed by atoms with van der Waals surface area (Å²) in [7, 11) is 0. The minimum Gasteiger partial charge on any atom is -0.450 e. The number of aromatic amines is 1. The maximum Gasteiger partial charge on any atom is 0.294 e. The molecule has 1 aromatic carbocycles. The predicted molar refractivity (Wildman–Crippen MR) is 110 cm³/mol. The number of fused-ring (bicyclic) bond motifs is 1. The van der Waals surface area contributed by atoms with Gasteiger partial charge in [-0.25, -0.2) is 4.98 Å². The number of pyridine rings is 1. The fourth-order valence-electron chi connectivity index (χ4n) is 3.16. The average molecular weight is 348 g/mol. The summed E-state index contributed by atoms with van der Waals surface area (Å²) in [5, 5.41) is 14.6. The lowest BCUT2D eigenvalue weighted by Crippen LogP contribution is -2.24. The van der Waals surface area contributed by atoms with Crippen molar-refractivity contribution in [3.05, 3.63) is 60.6 Å². The predicted octanol–water partition coefficient (Wildman–Crippen LogP) is 3.79. The SMILES string of the molecule is Cc1c[nH]c2ncc(-c3cccc(NC(C)CB(O)C/C=C/N)c3)cc12. The zero-order valence-corrected chi connectivity index (χ0v) is 15.2. The molecule has 0 aliphatic heterocycles. The highest BCUT2D eigenvalue weighted by atomic mass is 16.2. The molecule has 0 amide bonds. The molecule has 5 N–H and O–H groups in total. The largest absolute Gasteiger partial charge is 0.450 e. The lowest BCUT2D eigenvalue weighted by Gasteiger charge is -2.17. The Hall–Kier alpha value is -2.73. The summed E-state index contributed by atoms with van der Waals surface area (Å²) in [6.07, 6.45) is 8.36. The first-order valence-corrected chi connectivity index (χ1v) is 8.92. The molecular weight excluding hydrogens is 323 g/mol. The molecular formula is C20H25BN4O. The van der Waals surface area contributed by atoms with Gasteiger partial charge in [0.1, 0.15) is 5.65 Å². The molecule has 5 nitrogen and oxygen atoms in total. The second-order valence-electron chi connectivity index (χ2n) is 6.77. The number of benzene rings is 1. The number of nitrogens with two attached hydrogens (primary N) is 1. The number of hydrogen-bond donors (Lipinski definition) is 4. The third kappa shape index (κ3) is 4.27. The fraction of sp³-hybridized carbons (Fsp3) is 0.250. The van der Waals surface area contributed by atoms with Crippen LogP contribution < -0.4 is 11.1 Å². The zero-order valence-electron chi connectivity index (χ0n) is 15.2. The van der Waals surface area contributed by atoms with E-state index in [-0.39, 0.29) is 6.04 Å². The van der Waals surface area contributed by atoms with Gasteiger partial charge < -0.3 is 21.1 Å². The van der Waals surface area contributed by atoms with Gasteiger partial charge in [-0.1, -0.05) is 18.2 Å². The molecule has 0 fully saturated rings. The molecule has 6 heteroatoms. The van der Waals surface area contributed by atoms with Crippen LogP contribution in [0, 0.1) is 6.92 Å². The lowest BCUT2D eigenvalue weighted by molar-refractivity contribution is 0.564. The molecule has 134 valence electrons. The van der Waals surface area contributed by atoms with Crippen molar-refractivity contribution in [3.63, 3.8) is 0 Å². The molecule has 1 atom stereocenters. The second-order valence-corrected chi connectivity index (χ2v) is 6.77. The van der Waals surface area contributed by atoms with Crippen molar-refractivity contribution in [2.75, 3.05) is 5.32 Å². The van der Waals surface area contributed by atoms with Crippen LogP contribution in [0.1, 0.15) is 12.5 Å². The molecule has 0 bridgehead atoms. The highest BCUT2D eigenvalue weighted by Gasteiger charge is 2.14. The Kier molecular flexibility index (Phi) is 5.63. The Morgan fingerprint density at radius 3 is 3.00 bits per heavy atom. The first kappa shape index (κ1) is 18.1. The fourth-order valence-corrected chi connectivity index (χ4v) is 3.16. The van der Waals surface area contributed by atoms with Crippen LogP contribution in [-0.2, 0) is 0 Å². The molecule has 3 rings (SSSR count). The third-order valence-electron chi connectivity index (χ3n) is 4.52. The van der Waals surface area contributed by atoms with Crippen LogP contribution in [0.5, 0.6) is 0 Å². The Bertz CT molecular complexity index is 906. The van der Waals surface area contributed by atoms with Crippen molar-refractivity contribution in [1.82, 2.24) is 9.97 Å². The van der Waals surface area contributed by atoms with Crippen molar-refractivity contribution in [3.8, 4) is 11.1 Å². The molecule has 0 aliphatic carbocycles. The van der Waals surface area contributed by atoms with Crippen LogP contribution in [0.4, 0.5) is 5.69 Å². The maximum atomic E-state index is 10.0. The normalized spacial score (nSPS) is 12.6. The van der Waals surface area contributed by atoms with E-state index in [1.165, 1.54) is 11.8 Å². The summed E-state index contributed by atoms with van der Waals surface area (Å²) in [6.45, 7) is 3.75. The van der Waals surface area contributed by atoms with E-state index >= 15 is 0 Å². The molecule has 0 spiro atoms. The van der Waals surface area contributed by atoms with Crippen molar-refractivity contribution < 1.29 is 5.02 Å². The maximum absolute atomic E-state index is 10.0. The molecule has 0 radical (unpaired) electrons. The molecule has 3 aromatic rings. The smallest absolute Gasteiger partial charge is 0.294 e. The highest BCUT2D eigenvalue weighted by Crippen LogP contribution is 2.26. The summed E-state index contributed by atoms with van der Waals surface area (Å²) in [6, 6.07) is 10.6. The van der Waals surface area contributed by atoms with E-state index in [9.17, 15) is 5.02 Å². The van der Waals surface area contributed by atoms with Crippen molar-refractivity contribution in [2.24, 2.45) is 5.73 Å². The summed E-state index contributed by atoms with van der Waals surface area (Å²) in [5.74, 6) is 0. The Morgan fingerprint density at radius 2 is 2.19 bits per heavy atom. The van der Waals surface area contributed by atoms with E-state index in [1.54, 1.807) is 6.08 Å². The van der Waals surface area contributed by atoms with Gasteiger partial charge in [-0.15, -0.1) is 0 Å². The van der Waals surface area contributed by atoms with E-state index in [0.29, 0.717) is 12.6 Å². The quantitative estimate of drug-likeness (QED) is 0.489. The Labute approximate surface area is 154 Å².